The van der Waals surface area contributed by atoms with Gasteiger partial charge in [0, 0.05) is 12.3 Å². The Balaban J connectivity index is 2.04. The molecule has 0 unspecified atom stereocenters. The van der Waals surface area contributed by atoms with Gasteiger partial charge in [-0.3, -0.25) is 0 Å². The van der Waals surface area contributed by atoms with Crippen LogP contribution in [0.25, 0.3) is 0 Å². The van der Waals surface area contributed by atoms with Gasteiger partial charge < -0.3 is 14.9 Å². The number of anilines is 1. The maximum atomic E-state index is 10.7. The van der Waals surface area contributed by atoms with Crippen molar-refractivity contribution in [2.24, 2.45) is 0 Å². The summed E-state index contributed by atoms with van der Waals surface area (Å²) < 4.78 is 4.91. The molecule has 0 aliphatic rings. The molecule has 17 heavy (non-hydrogen) atoms. The van der Waals surface area contributed by atoms with Crippen molar-refractivity contribution in [2.45, 2.75) is 13.5 Å². The van der Waals surface area contributed by atoms with E-state index in [0.29, 0.717) is 12.4 Å². The average molecular weight is 233 g/mol. The number of pyridine rings is 1. The van der Waals surface area contributed by atoms with Gasteiger partial charge in [0.05, 0.1) is 12.1 Å². The number of aromatic nitrogens is 2. The second kappa shape index (κ2) is 4.65. The highest BCUT2D eigenvalue weighted by Gasteiger charge is 2.05. The third kappa shape index (κ3) is 2.81. The van der Waals surface area contributed by atoms with E-state index in [0.717, 1.165) is 11.5 Å². The predicted octanol–water partition coefficient (Wildman–Crippen LogP) is 1.69. The van der Waals surface area contributed by atoms with Gasteiger partial charge in [0.15, 0.2) is 0 Å². The van der Waals surface area contributed by atoms with E-state index >= 15 is 0 Å². The van der Waals surface area contributed by atoms with Crippen LogP contribution in [-0.4, -0.2) is 21.2 Å². The topological polar surface area (TPSA) is 88.2 Å². The van der Waals surface area contributed by atoms with Gasteiger partial charge in [-0.25, -0.2) is 9.78 Å². The first-order valence-corrected chi connectivity index (χ1v) is 5.00. The summed E-state index contributed by atoms with van der Waals surface area (Å²) in [5.41, 5.74) is 0.934. The van der Waals surface area contributed by atoms with Crippen LogP contribution in [0.4, 0.5) is 5.82 Å². The zero-order chi connectivity index (χ0) is 12.3. The van der Waals surface area contributed by atoms with E-state index in [1.165, 1.54) is 18.3 Å². The Labute approximate surface area is 97.3 Å². The Morgan fingerprint density at radius 1 is 1.53 bits per heavy atom. The van der Waals surface area contributed by atoms with Crippen molar-refractivity contribution in [1.82, 2.24) is 10.1 Å². The van der Waals surface area contributed by atoms with Crippen LogP contribution in [0, 0.1) is 6.92 Å². The Kier molecular flexibility index (Phi) is 3.04. The third-order valence-corrected chi connectivity index (χ3v) is 2.13. The van der Waals surface area contributed by atoms with Crippen LogP contribution in [0.3, 0.4) is 0 Å². The smallest absolute Gasteiger partial charge is 0.335 e. The van der Waals surface area contributed by atoms with Gasteiger partial charge in [0.1, 0.15) is 17.3 Å². The molecular formula is C11H11N3O3. The highest BCUT2D eigenvalue weighted by molar-refractivity contribution is 5.88. The van der Waals surface area contributed by atoms with Gasteiger partial charge in [0.25, 0.3) is 0 Å². The largest absolute Gasteiger partial charge is 0.478 e. The number of hydrogen-bond donors (Lipinski definition) is 2. The summed E-state index contributed by atoms with van der Waals surface area (Å²) in [5.74, 6) is 0.243. The quantitative estimate of drug-likeness (QED) is 0.835. The Morgan fingerprint density at radius 2 is 2.35 bits per heavy atom. The fraction of sp³-hybridized carbons (Fsp3) is 0.182. The fourth-order valence-corrected chi connectivity index (χ4v) is 1.34. The lowest BCUT2D eigenvalue weighted by Gasteiger charge is -2.03. The number of aryl methyl sites for hydroxylation is 1. The molecule has 88 valence electrons. The van der Waals surface area contributed by atoms with Gasteiger partial charge in [0.2, 0.25) is 0 Å². The highest BCUT2D eigenvalue weighted by atomic mass is 16.5. The molecular weight excluding hydrogens is 222 g/mol. The van der Waals surface area contributed by atoms with E-state index in [9.17, 15) is 4.79 Å². The maximum Gasteiger partial charge on any atom is 0.335 e. The zero-order valence-corrected chi connectivity index (χ0v) is 9.17. The number of nitrogens with one attached hydrogen (secondary N) is 1. The van der Waals surface area contributed by atoms with Gasteiger partial charge in [-0.05, 0) is 19.1 Å². The molecule has 0 bridgehead atoms. The van der Waals surface area contributed by atoms with E-state index < -0.39 is 5.97 Å². The molecule has 0 aliphatic heterocycles. The van der Waals surface area contributed by atoms with Crippen molar-refractivity contribution in [3.63, 3.8) is 0 Å². The summed E-state index contributed by atoms with van der Waals surface area (Å²) in [5, 5.41) is 15.6. The molecule has 0 aromatic carbocycles. The van der Waals surface area contributed by atoms with Crippen molar-refractivity contribution in [1.29, 1.82) is 0 Å². The lowest BCUT2D eigenvalue weighted by molar-refractivity contribution is 0.0697. The molecule has 0 radical (unpaired) electrons. The second-order valence-electron chi connectivity index (χ2n) is 3.52. The molecule has 0 amide bonds. The standard InChI is InChI=1S/C11H11N3O3/c1-7-4-9(14-17-7)6-13-10-5-8(11(15)16)2-3-12-10/h2-5H,6H2,1H3,(H,12,13)(H,15,16). The molecule has 0 aliphatic carbocycles. The van der Waals surface area contributed by atoms with Crippen molar-refractivity contribution in [3.05, 3.63) is 41.4 Å². The van der Waals surface area contributed by atoms with E-state index in [1.54, 1.807) is 13.0 Å². The van der Waals surface area contributed by atoms with Crippen LogP contribution in [0.1, 0.15) is 21.8 Å². The summed E-state index contributed by atoms with van der Waals surface area (Å²) >= 11 is 0. The predicted molar refractivity (Wildman–Crippen MR) is 59.8 cm³/mol. The molecule has 2 aromatic heterocycles. The number of carboxylic acids is 1. The molecule has 0 saturated carbocycles. The van der Waals surface area contributed by atoms with Crippen molar-refractivity contribution in [3.8, 4) is 0 Å². The van der Waals surface area contributed by atoms with Crippen molar-refractivity contribution < 1.29 is 14.4 Å². The molecule has 2 N–H and O–H groups in total. The second-order valence-corrected chi connectivity index (χ2v) is 3.52. The first-order chi connectivity index (χ1) is 8.15. The maximum absolute atomic E-state index is 10.7. The Morgan fingerprint density at radius 3 is 3.00 bits per heavy atom. The molecule has 0 atom stereocenters. The SMILES string of the molecule is Cc1cc(CNc2cc(C(=O)O)ccn2)no1. The molecule has 2 aromatic rings. The molecule has 0 spiro atoms. The molecule has 2 heterocycles. The van der Waals surface area contributed by atoms with Crippen LogP contribution in [0.5, 0.6) is 0 Å². The number of nitrogens with zero attached hydrogens (tertiary/aromatic N) is 2. The summed E-state index contributed by atoms with van der Waals surface area (Å²) in [6, 6.07) is 4.71. The van der Waals surface area contributed by atoms with E-state index in [2.05, 4.69) is 15.5 Å². The number of carbonyl (C=O) groups is 1. The molecule has 0 fully saturated rings. The van der Waals surface area contributed by atoms with Crippen LogP contribution in [-0.2, 0) is 6.54 Å². The molecule has 0 saturated heterocycles. The molecule has 2 rings (SSSR count). The number of aromatic carboxylic acids is 1. The van der Waals surface area contributed by atoms with Crippen LogP contribution in [0.2, 0.25) is 0 Å². The van der Waals surface area contributed by atoms with Crippen molar-refractivity contribution in [2.75, 3.05) is 5.32 Å². The van der Waals surface area contributed by atoms with Crippen LogP contribution >= 0.6 is 0 Å². The Hall–Kier alpha value is -2.37. The van der Waals surface area contributed by atoms with Gasteiger partial charge in [-0.1, -0.05) is 5.16 Å². The fourth-order valence-electron chi connectivity index (χ4n) is 1.34. The van der Waals surface area contributed by atoms with Gasteiger partial charge in [-0.15, -0.1) is 0 Å². The van der Waals surface area contributed by atoms with Crippen molar-refractivity contribution >= 4 is 11.8 Å². The van der Waals surface area contributed by atoms with Crippen LogP contribution < -0.4 is 5.32 Å². The first kappa shape index (κ1) is 11.1. The van der Waals surface area contributed by atoms with Crippen LogP contribution in [0.15, 0.2) is 28.9 Å². The van der Waals surface area contributed by atoms with E-state index in [-0.39, 0.29) is 5.56 Å². The highest BCUT2D eigenvalue weighted by Crippen LogP contribution is 2.09. The van der Waals surface area contributed by atoms with Gasteiger partial charge >= 0.3 is 5.97 Å². The minimum atomic E-state index is -0.979. The third-order valence-electron chi connectivity index (χ3n) is 2.13. The normalized spacial score (nSPS) is 10.2. The summed E-state index contributed by atoms with van der Waals surface area (Å²) in [7, 11) is 0. The van der Waals surface area contributed by atoms with E-state index in [4.69, 9.17) is 9.63 Å². The lowest BCUT2D eigenvalue weighted by Crippen LogP contribution is -2.04. The average Bonchev–Trinajstić information content (AvgIpc) is 2.73. The summed E-state index contributed by atoms with van der Waals surface area (Å²) in [6.45, 7) is 2.24. The summed E-state index contributed by atoms with van der Waals surface area (Å²) in [6.07, 6.45) is 1.44. The first-order valence-electron chi connectivity index (χ1n) is 5.00. The number of hydrogen-bond acceptors (Lipinski definition) is 5. The zero-order valence-electron chi connectivity index (χ0n) is 9.17. The van der Waals surface area contributed by atoms with E-state index in [1.807, 2.05) is 0 Å². The molecule has 6 nitrogen and oxygen atoms in total. The minimum absolute atomic E-state index is 0.193. The number of rotatable bonds is 4. The molecule has 6 heteroatoms. The lowest BCUT2D eigenvalue weighted by atomic mass is 10.2. The summed E-state index contributed by atoms with van der Waals surface area (Å²) in [4.78, 5) is 14.8. The monoisotopic (exact) mass is 233 g/mol. The Bertz CT molecular complexity index is 536. The van der Waals surface area contributed by atoms with Gasteiger partial charge in [-0.2, -0.15) is 0 Å². The number of carboxylic acid groups (broad SMARTS) is 1. The minimum Gasteiger partial charge on any atom is -0.478 e.